The SMILES string of the molecule is CCOc1ccc(C2=CC(c3ccccc3F)n3ncnc3N2)cc1Cl. The lowest BCUT2D eigenvalue weighted by molar-refractivity contribution is 0.340. The Morgan fingerprint density at radius 2 is 2.12 bits per heavy atom. The third-order valence-corrected chi connectivity index (χ3v) is 4.47. The van der Waals surface area contributed by atoms with E-state index >= 15 is 0 Å². The third-order valence-electron chi connectivity index (χ3n) is 4.17. The van der Waals surface area contributed by atoms with E-state index in [4.69, 9.17) is 16.3 Å². The zero-order chi connectivity index (χ0) is 18.1. The van der Waals surface area contributed by atoms with Gasteiger partial charge in [-0.05, 0) is 42.8 Å². The molecule has 2 aromatic carbocycles. The van der Waals surface area contributed by atoms with Crippen LogP contribution >= 0.6 is 11.6 Å². The zero-order valence-electron chi connectivity index (χ0n) is 14.0. The van der Waals surface area contributed by atoms with Crippen LogP contribution in [0.2, 0.25) is 5.02 Å². The van der Waals surface area contributed by atoms with Crippen molar-refractivity contribution in [2.24, 2.45) is 0 Å². The van der Waals surface area contributed by atoms with E-state index in [1.165, 1.54) is 12.4 Å². The van der Waals surface area contributed by atoms with Crippen molar-refractivity contribution in [1.29, 1.82) is 0 Å². The molecule has 132 valence electrons. The molecule has 0 amide bonds. The monoisotopic (exact) mass is 370 g/mol. The summed E-state index contributed by atoms with van der Waals surface area (Å²) >= 11 is 6.31. The maximum absolute atomic E-state index is 14.4. The molecule has 7 heteroatoms. The minimum Gasteiger partial charge on any atom is -0.492 e. The van der Waals surface area contributed by atoms with Gasteiger partial charge < -0.3 is 10.1 Å². The summed E-state index contributed by atoms with van der Waals surface area (Å²) in [5.41, 5.74) is 2.16. The number of benzene rings is 2. The molecule has 4 rings (SSSR count). The lowest BCUT2D eigenvalue weighted by atomic mass is 10.0. The summed E-state index contributed by atoms with van der Waals surface area (Å²) in [5.74, 6) is 0.880. The number of allylic oxidation sites excluding steroid dienone is 1. The molecule has 1 aromatic heterocycles. The Kier molecular flexibility index (Phi) is 4.34. The molecular formula is C19H16ClFN4O. The van der Waals surface area contributed by atoms with Gasteiger partial charge in [0.15, 0.2) is 0 Å². The fourth-order valence-corrected chi connectivity index (χ4v) is 3.21. The van der Waals surface area contributed by atoms with Gasteiger partial charge in [0, 0.05) is 11.3 Å². The smallest absolute Gasteiger partial charge is 0.226 e. The Bertz CT molecular complexity index is 985. The van der Waals surface area contributed by atoms with E-state index in [2.05, 4.69) is 15.4 Å². The minimum absolute atomic E-state index is 0.291. The zero-order valence-corrected chi connectivity index (χ0v) is 14.7. The summed E-state index contributed by atoms with van der Waals surface area (Å²) in [6.45, 7) is 2.44. The number of anilines is 1. The van der Waals surface area contributed by atoms with Crippen molar-refractivity contribution in [2.75, 3.05) is 11.9 Å². The molecule has 0 saturated carbocycles. The van der Waals surface area contributed by atoms with E-state index in [1.54, 1.807) is 22.9 Å². The van der Waals surface area contributed by atoms with Crippen molar-refractivity contribution < 1.29 is 9.13 Å². The van der Waals surface area contributed by atoms with Gasteiger partial charge >= 0.3 is 0 Å². The van der Waals surface area contributed by atoms with Crippen molar-refractivity contribution in [3.63, 3.8) is 0 Å². The van der Waals surface area contributed by atoms with Gasteiger partial charge in [-0.2, -0.15) is 10.1 Å². The molecule has 0 fully saturated rings. The Hall–Kier alpha value is -2.86. The van der Waals surface area contributed by atoms with Crippen LogP contribution in [0, 0.1) is 5.82 Å². The summed E-state index contributed by atoms with van der Waals surface area (Å²) in [6, 6.07) is 11.8. The highest BCUT2D eigenvalue weighted by molar-refractivity contribution is 6.32. The van der Waals surface area contributed by atoms with Crippen LogP contribution in [0.15, 0.2) is 54.9 Å². The van der Waals surface area contributed by atoms with Crippen LogP contribution in [-0.2, 0) is 0 Å². The maximum Gasteiger partial charge on any atom is 0.226 e. The number of ether oxygens (including phenoxy) is 1. The van der Waals surface area contributed by atoms with E-state index < -0.39 is 6.04 Å². The normalized spacial score (nSPS) is 15.8. The average molecular weight is 371 g/mol. The predicted molar refractivity (Wildman–Crippen MR) is 98.8 cm³/mol. The Balaban J connectivity index is 1.78. The van der Waals surface area contributed by atoms with Gasteiger partial charge in [-0.1, -0.05) is 29.8 Å². The molecule has 0 bridgehead atoms. The number of fused-ring (bicyclic) bond motifs is 1. The van der Waals surface area contributed by atoms with E-state index in [1.807, 2.05) is 31.2 Å². The number of nitrogens with one attached hydrogen (secondary N) is 1. The molecule has 1 atom stereocenters. The second kappa shape index (κ2) is 6.80. The highest BCUT2D eigenvalue weighted by Gasteiger charge is 2.25. The molecule has 3 aromatic rings. The van der Waals surface area contributed by atoms with Crippen molar-refractivity contribution in [2.45, 2.75) is 13.0 Å². The lowest BCUT2D eigenvalue weighted by Gasteiger charge is -2.25. The second-order valence-corrected chi connectivity index (χ2v) is 6.19. The molecule has 1 aliphatic heterocycles. The van der Waals surface area contributed by atoms with Crippen LogP contribution in [0.3, 0.4) is 0 Å². The number of hydrogen-bond donors (Lipinski definition) is 1. The van der Waals surface area contributed by atoms with Crippen molar-refractivity contribution in [3.8, 4) is 5.75 Å². The first-order chi connectivity index (χ1) is 12.7. The molecular weight excluding hydrogens is 355 g/mol. The van der Waals surface area contributed by atoms with Crippen molar-refractivity contribution in [3.05, 3.63) is 76.8 Å². The lowest BCUT2D eigenvalue weighted by Crippen LogP contribution is -2.21. The van der Waals surface area contributed by atoms with E-state index in [0.717, 1.165) is 11.3 Å². The Morgan fingerprint density at radius 3 is 2.88 bits per heavy atom. The number of nitrogens with zero attached hydrogens (tertiary/aromatic N) is 3. The Labute approximate surface area is 155 Å². The minimum atomic E-state index is -0.407. The summed E-state index contributed by atoms with van der Waals surface area (Å²) in [6.07, 6.45) is 3.35. The van der Waals surface area contributed by atoms with Crippen molar-refractivity contribution in [1.82, 2.24) is 14.8 Å². The van der Waals surface area contributed by atoms with Gasteiger partial charge in [-0.15, -0.1) is 0 Å². The van der Waals surface area contributed by atoms with Crippen LogP contribution in [-0.4, -0.2) is 21.4 Å². The van der Waals surface area contributed by atoms with Gasteiger partial charge in [0.1, 0.15) is 23.9 Å². The van der Waals surface area contributed by atoms with Crippen LogP contribution < -0.4 is 10.1 Å². The van der Waals surface area contributed by atoms with Gasteiger partial charge in [-0.25, -0.2) is 9.07 Å². The van der Waals surface area contributed by atoms with Gasteiger partial charge in [0.25, 0.3) is 0 Å². The number of halogens is 2. The molecule has 1 N–H and O–H groups in total. The third kappa shape index (κ3) is 2.93. The molecule has 2 heterocycles. The fraction of sp³-hybridized carbons (Fsp3) is 0.158. The second-order valence-electron chi connectivity index (χ2n) is 5.78. The van der Waals surface area contributed by atoms with Crippen LogP contribution in [0.25, 0.3) is 5.70 Å². The van der Waals surface area contributed by atoms with Gasteiger partial charge in [-0.3, -0.25) is 0 Å². The number of rotatable bonds is 4. The maximum atomic E-state index is 14.4. The molecule has 1 unspecified atom stereocenters. The highest BCUT2D eigenvalue weighted by Crippen LogP contribution is 2.35. The summed E-state index contributed by atoms with van der Waals surface area (Å²) in [7, 11) is 0. The first kappa shape index (κ1) is 16.6. The fourth-order valence-electron chi connectivity index (χ4n) is 2.98. The number of aromatic nitrogens is 3. The molecule has 1 aliphatic rings. The van der Waals surface area contributed by atoms with Crippen LogP contribution in [0.4, 0.5) is 10.3 Å². The predicted octanol–water partition coefficient (Wildman–Crippen LogP) is 4.53. The molecule has 0 saturated heterocycles. The van der Waals surface area contributed by atoms with Gasteiger partial charge in [0.2, 0.25) is 5.95 Å². The first-order valence-electron chi connectivity index (χ1n) is 8.23. The summed E-state index contributed by atoms with van der Waals surface area (Å²) in [5, 5.41) is 7.96. The quantitative estimate of drug-likeness (QED) is 0.733. The molecule has 0 spiro atoms. The molecule has 0 radical (unpaired) electrons. The van der Waals surface area contributed by atoms with E-state index in [0.29, 0.717) is 28.9 Å². The average Bonchev–Trinajstić information content (AvgIpc) is 3.12. The van der Waals surface area contributed by atoms with E-state index in [-0.39, 0.29) is 5.82 Å². The molecule has 0 aliphatic carbocycles. The largest absolute Gasteiger partial charge is 0.492 e. The van der Waals surface area contributed by atoms with Crippen LogP contribution in [0.5, 0.6) is 5.75 Å². The van der Waals surface area contributed by atoms with Crippen LogP contribution in [0.1, 0.15) is 24.1 Å². The van der Waals surface area contributed by atoms with Gasteiger partial charge in [0.05, 0.1) is 11.6 Å². The number of hydrogen-bond acceptors (Lipinski definition) is 4. The topological polar surface area (TPSA) is 52.0 Å². The molecule has 5 nitrogen and oxygen atoms in total. The molecule has 26 heavy (non-hydrogen) atoms. The highest BCUT2D eigenvalue weighted by atomic mass is 35.5. The first-order valence-corrected chi connectivity index (χ1v) is 8.60. The summed E-state index contributed by atoms with van der Waals surface area (Å²) < 4.78 is 21.5. The summed E-state index contributed by atoms with van der Waals surface area (Å²) in [4.78, 5) is 4.23. The van der Waals surface area contributed by atoms with Crippen molar-refractivity contribution >= 4 is 23.2 Å². The standard InChI is InChI=1S/C19H16ClFN4O/c1-2-26-18-8-7-12(9-14(18)20)16-10-17(13-5-3-4-6-15(13)21)25-19(24-16)22-11-23-25/h3-11,17H,2H2,1H3,(H,22,23,24). The van der Waals surface area contributed by atoms with E-state index in [9.17, 15) is 4.39 Å². The Morgan fingerprint density at radius 1 is 1.27 bits per heavy atom.